The van der Waals surface area contributed by atoms with Gasteiger partial charge in [-0.2, -0.15) is 5.26 Å². The van der Waals surface area contributed by atoms with Crippen molar-refractivity contribution in [3.8, 4) is 6.07 Å². The minimum Gasteiger partial charge on any atom is -0.368 e. The van der Waals surface area contributed by atoms with Crippen LogP contribution in [0.5, 0.6) is 0 Å². The molecule has 2 fully saturated rings. The monoisotopic (exact) mass is 489 g/mol. The summed E-state index contributed by atoms with van der Waals surface area (Å²) in [5.74, 6) is 1.79. The Kier molecular flexibility index (Phi) is 7.90. The number of nitrogens with one attached hydrogen (secondary N) is 3. The molecule has 190 valence electrons. The van der Waals surface area contributed by atoms with Crippen LogP contribution in [0.3, 0.4) is 0 Å². The van der Waals surface area contributed by atoms with Crippen LogP contribution in [0.4, 0.5) is 17.3 Å². The van der Waals surface area contributed by atoms with E-state index >= 15 is 0 Å². The predicted molar refractivity (Wildman–Crippen MR) is 143 cm³/mol. The molecule has 0 radical (unpaired) electrons. The molecule has 1 aliphatic carbocycles. The van der Waals surface area contributed by atoms with E-state index in [1.807, 2.05) is 22.9 Å². The van der Waals surface area contributed by atoms with Gasteiger partial charge in [-0.1, -0.05) is 19.4 Å². The molecule has 10 heteroatoms. The third-order valence-electron chi connectivity index (χ3n) is 6.86. The minimum absolute atomic E-state index is 0.0812. The van der Waals surface area contributed by atoms with Crippen LogP contribution < -0.4 is 15.5 Å². The molecule has 3 N–H and O–H groups in total. The van der Waals surface area contributed by atoms with Crippen LogP contribution in [-0.4, -0.2) is 78.3 Å². The van der Waals surface area contributed by atoms with Crippen molar-refractivity contribution in [2.45, 2.75) is 31.7 Å². The van der Waals surface area contributed by atoms with Crippen LogP contribution in [-0.2, 0) is 0 Å². The number of carbonyl (C=O) groups is 1. The van der Waals surface area contributed by atoms with Crippen LogP contribution >= 0.6 is 0 Å². The quantitative estimate of drug-likeness (QED) is 0.365. The Balaban J connectivity index is 1.46. The van der Waals surface area contributed by atoms with E-state index in [4.69, 9.17) is 10.7 Å². The number of piperazine rings is 1. The molecule has 10 nitrogen and oxygen atoms in total. The summed E-state index contributed by atoms with van der Waals surface area (Å²) in [5, 5.41) is 23.4. The van der Waals surface area contributed by atoms with Gasteiger partial charge >= 0.3 is 0 Å². The standard InChI is InChI=1S/C26H35N9O/c1-19(30-24-9-8-22(18-29-24)34-14-12-33(11-10-27)13-15-34)31-25-20(17-28)16-23(26(36)32(2)3)35(25)21-6-4-5-7-21/h8-9,16-18,21,28,31H,1,4-7,11-15H2,2-3H3,(H,29,30). The molecule has 0 atom stereocenters. The van der Waals surface area contributed by atoms with Gasteiger partial charge in [-0.05, 0) is 31.0 Å². The highest BCUT2D eigenvalue weighted by atomic mass is 16.2. The summed E-state index contributed by atoms with van der Waals surface area (Å²) >= 11 is 0. The van der Waals surface area contributed by atoms with Crippen molar-refractivity contribution < 1.29 is 4.79 Å². The Hall–Kier alpha value is -3.84. The largest absolute Gasteiger partial charge is 0.368 e. The fourth-order valence-corrected chi connectivity index (χ4v) is 4.96. The molecule has 0 bridgehead atoms. The van der Waals surface area contributed by atoms with Crippen molar-refractivity contribution in [3.63, 3.8) is 0 Å². The molecule has 1 amide bonds. The maximum Gasteiger partial charge on any atom is 0.270 e. The number of hydrogen-bond acceptors (Lipinski definition) is 8. The lowest BCUT2D eigenvalue weighted by Gasteiger charge is -2.34. The lowest BCUT2D eigenvalue weighted by molar-refractivity contribution is 0.0815. The Morgan fingerprint density at radius 3 is 2.56 bits per heavy atom. The second-order valence-electron chi connectivity index (χ2n) is 9.54. The van der Waals surface area contributed by atoms with Gasteiger partial charge in [-0.3, -0.25) is 9.69 Å². The van der Waals surface area contributed by atoms with Crippen LogP contribution in [0.2, 0.25) is 0 Å². The zero-order valence-corrected chi connectivity index (χ0v) is 21.1. The van der Waals surface area contributed by atoms with E-state index in [1.54, 1.807) is 25.1 Å². The van der Waals surface area contributed by atoms with Crippen molar-refractivity contribution >= 4 is 29.4 Å². The summed E-state index contributed by atoms with van der Waals surface area (Å²) in [6.07, 6.45) is 7.37. The zero-order valence-electron chi connectivity index (χ0n) is 21.1. The normalized spacial score (nSPS) is 16.4. The molecule has 0 unspecified atom stereocenters. The highest BCUT2D eigenvalue weighted by molar-refractivity contribution is 5.98. The Bertz CT molecular complexity index is 1130. The van der Waals surface area contributed by atoms with Gasteiger partial charge in [-0.25, -0.2) is 4.98 Å². The van der Waals surface area contributed by atoms with Gasteiger partial charge in [0, 0.05) is 58.1 Å². The van der Waals surface area contributed by atoms with E-state index < -0.39 is 0 Å². The van der Waals surface area contributed by atoms with Crippen LogP contribution in [0, 0.1) is 16.7 Å². The maximum atomic E-state index is 12.9. The second-order valence-corrected chi connectivity index (χ2v) is 9.54. The van der Waals surface area contributed by atoms with Gasteiger partial charge in [0.05, 0.1) is 24.5 Å². The summed E-state index contributed by atoms with van der Waals surface area (Å²) in [7, 11) is 3.49. The molecular weight excluding hydrogens is 454 g/mol. The Morgan fingerprint density at radius 2 is 1.97 bits per heavy atom. The molecule has 2 aliphatic rings. The van der Waals surface area contributed by atoms with Gasteiger partial charge < -0.3 is 30.4 Å². The van der Waals surface area contributed by atoms with Crippen molar-refractivity contribution in [2.24, 2.45) is 0 Å². The van der Waals surface area contributed by atoms with Crippen LogP contribution in [0.1, 0.15) is 47.8 Å². The molecule has 0 spiro atoms. The Morgan fingerprint density at radius 1 is 1.25 bits per heavy atom. The zero-order chi connectivity index (χ0) is 25.7. The number of nitrogens with zero attached hydrogens (tertiary/aromatic N) is 6. The molecular formula is C26H35N9O. The van der Waals surface area contributed by atoms with Gasteiger partial charge in [0.15, 0.2) is 0 Å². The lowest BCUT2D eigenvalue weighted by atomic mass is 10.2. The summed E-state index contributed by atoms with van der Waals surface area (Å²) in [4.78, 5) is 23.5. The highest BCUT2D eigenvalue weighted by Gasteiger charge is 2.28. The number of hydrogen-bond donors (Lipinski definition) is 3. The summed E-state index contributed by atoms with van der Waals surface area (Å²) in [6.45, 7) is 8.05. The van der Waals surface area contributed by atoms with Crippen molar-refractivity contribution in [3.05, 3.63) is 48.1 Å². The maximum absolute atomic E-state index is 12.9. The van der Waals surface area contributed by atoms with E-state index in [0.717, 1.165) is 57.5 Å². The van der Waals surface area contributed by atoms with Gasteiger partial charge in [-0.15, -0.1) is 0 Å². The molecule has 4 rings (SSSR count). The molecule has 3 heterocycles. The van der Waals surface area contributed by atoms with E-state index in [9.17, 15) is 4.79 Å². The Labute approximate surface area is 212 Å². The number of pyridine rings is 1. The molecule has 1 aliphatic heterocycles. The van der Waals surface area contributed by atoms with Crippen LogP contribution in [0.25, 0.3) is 0 Å². The molecule has 1 saturated carbocycles. The summed E-state index contributed by atoms with van der Waals surface area (Å²) in [5.41, 5.74) is 2.27. The highest BCUT2D eigenvalue weighted by Crippen LogP contribution is 2.36. The van der Waals surface area contributed by atoms with E-state index in [2.05, 4.69) is 38.1 Å². The third kappa shape index (κ3) is 5.52. The third-order valence-corrected chi connectivity index (χ3v) is 6.86. The SMILES string of the molecule is C=C(Nc1ccc(N2CCN(CC#N)CC2)cn1)Nc1c(C=N)cc(C(=O)N(C)C)n1C1CCCC1. The molecule has 36 heavy (non-hydrogen) atoms. The van der Waals surface area contributed by atoms with Gasteiger partial charge in [0.25, 0.3) is 5.91 Å². The number of amides is 1. The first-order chi connectivity index (χ1) is 17.4. The van der Waals surface area contributed by atoms with Crippen LogP contribution in [0.15, 0.2) is 36.8 Å². The number of nitriles is 1. The first kappa shape index (κ1) is 25.3. The van der Waals surface area contributed by atoms with E-state index in [0.29, 0.717) is 35.3 Å². The smallest absolute Gasteiger partial charge is 0.270 e. The average molecular weight is 490 g/mol. The van der Waals surface area contributed by atoms with Gasteiger partial charge in [0.1, 0.15) is 23.2 Å². The number of carbonyl (C=O) groups excluding carboxylic acids is 1. The fraction of sp³-hybridized carbons (Fsp3) is 0.462. The number of anilines is 3. The molecule has 1 saturated heterocycles. The fourth-order valence-electron chi connectivity index (χ4n) is 4.96. The molecule has 2 aromatic rings. The molecule has 2 aromatic heterocycles. The van der Waals surface area contributed by atoms with E-state index in [-0.39, 0.29) is 11.9 Å². The first-order valence-corrected chi connectivity index (χ1v) is 12.4. The number of rotatable bonds is 9. The number of aromatic nitrogens is 2. The van der Waals surface area contributed by atoms with Gasteiger partial charge in [0.2, 0.25) is 0 Å². The van der Waals surface area contributed by atoms with E-state index in [1.165, 1.54) is 6.21 Å². The first-order valence-electron chi connectivity index (χ1n) is 12.4. The average Bonchev–Trinajstić information content (AvgIpc) is 3.52. The summed E-state index contributed by atoms with van der Waals surface area (Å²) in [6, 6.07) is 8.15. The predicted octanol–water partition coefficient (Wildman–Crippen LogP) is 3.34. The van der Waals surface area contributed by atoms with Crippen molar-refractivity contribution in [1.82, 2.24) is 19.4 Å². The molecule has 0 aromatic carbocycles. The van der Waals surface area contributed by atoms with Crippen molar-refractivity contribution in [2.75, 3.05) is 62.4 Å². The van der Waals surface area contributed by atoms with Crippen molar-refractivity contribution in [1.29, 1.82) is 10.7 Å². The second kappa shape index (κ2) is 11.3. The lowest BCUT2D eigenvalue weighted by Crippen LogP contribution is -2.46. The summed E-state index contributed by atoms with van der Waals surface area (Å²) < 4.78 is 2.05. The minimum atomic E-state index is -0.0812. The topological polar surface area (TPSA) is 116 Å².